The Labute approximate surface area is 232 Å². The van der Waals surface area contributed by atoms with Crippen LogP contribution in [0.3, 0.4) is 0 Å². The number of piperidine rings is 1. The van der Waals surface area contributed by atoms with Gasteiger partial charge >= 0.3 is 5.97 Å². The summed E-state index contributed by atoms with van der Waals surface area (Å²) < 4.78 is 12.9. The third-order valence-corrected chi connectivity index (χ3v) is 9.55. The summed E-state index contributed by atoms with van der Waals surface area (Å²) in [5.41, 5.74) is -0.0627. The van der Waals surface area contributed by atoms with Crippen LogP contribution in [0.2, 0.25) is 0 Å². The molecule has 2 aromatic rings. The van der Waals surface area contributed by atoms with Crippen molar-refractivity contribution in [2.75, 3.05) is 33.8 Å². The number of likely N-dealkylation sites (tertiary alicyclic amines) is 1. The SMILES string of the molecule is C=CCN1CC[C@@]2(c3cccc(OC)c3)C[C@H](N(C)C(=O)/C=C/c3cc(Br)cs3)CC[C@]2(OC(C)=O)C1. The van der Waals surface area contributed by atoms with Crippen LogP contribution in [0, 0.1) is 0 Å². The first-order valence-corrected chi connectivity index (χ1v) is 14.3. The molecule has 2 aliphatic rings. The molecule has 1 saturated carbocycles. The number of benzene rings is 1. The lowest BCUT2D eigenvalue weighted by atomic mass is 9.55. The van der Waals surface area contributed by atoms with Crippen LogP contribution in [-0.4, -0.2) is 67.1 Å². The minimum atomic E-state index is -0.702. The summed E-state index contributed by atoms with van der Waals surface area (Å²) in [6.07, 6.45) is 8.34. The fourth-order valence-corrected chi connectivity index (χ4v) is 7.45. The van der Waals surface area contributed by atoms with Crippen LogP contribution in [0.5, 0.6) is 5.75 Å². The zero-order valence-corrected chi connectivity index (χ0v) is 24.1. The van der Waals surface area contributed by atoms with Crippen molar-refractivity contribution in [3.63, 3.8) is 0 Å². The van der Waals surface area contributed by atoms with Gasteiger partial charge in [-0.1, -0.05) is 18.2 Å². The summed E-state index contributed by atoms with van der Waals surface area (Å²) in [6, 6.07) is 10.1. The topological polar surface area (TPSA) is 59.1 Å². The molecular weight excluding hydrogens is 552 g/mol. The highest BCUT2D eigenvalue weighted by atomic mass is 79.9. The second-order valence-corrected chi connectivity index (χ2v) is 11.9. The number of carbonyl (C=O) groups is 2. The van der Waals surface area contributed by atoms with Gasteiger partial charge in [0.2, 0.25) is 5.91 Å². The van der Waals surface area contributed by atoms with Crippen LogP contribution in [0.1, 0.15) is 43.0 Å². The van der Waals surface area contributed by atoms with Gasteiger partial charge in [-0.25, -0.2) is 0 Å². The van der Waals surface area contributed by atoms with Crippen molar-refractivity contribution in [3.8, 4) is 5.75 Å². The highest BCUT2D eigenvalue weighted by Crippen LogP contribution is 2.54. The molecule has 2 heterocycles. The number of fused-ring (bicyclic) bond motifs is 1. The number of hydrogen-bond acceptors (Lipinski definition) is 6. The van der Waals surface area contributed by atoms with E-state index in [4.69, 9.17) is 9.47 Å². The van der Waals surface area contributed by atoms with Crippen LogP contribution in [0.4, 0.5) is 0 Å². The van der Waals surface area contributed by atoms with Crippen molar-refractivity contribution in [1.82, 2.24) is 9.80 Å². The maximum absolute atomic E-state index is 13.2. The molecule has 0 unspecified atom stereocenters. The number of likely N-dealkylation sites (N-methyl/N-ethyl adjacent to an activating group) is 1. The van der Waals surface area contributed by atoms with Crippen LogP contribution < -0.4 is 4.74 Å². The lowest BCUT2D eigenvalue weighted by molar-refractivity contribution is -0.189. The fourth-order valence-electron chi connectivity index (χ4n) is 6.12. The van der Waals surface area contributed by atoms with E-state index >= 15 is 0 Å². The third-order valence-electron chi connectivity index (χ3n) is 7.89. The number of hydrogen-bond donors (Lipinski definition) is 0. The van der Waals surface area contributed by atoms with Gasteiger partial charge < -0.3 is 14.4 Å². The van der Waals surface area contributed by atoms with E-state index in [2.05, 4.69) is 39.5 Å². The molecule has 1 aliphatic heterocycles. The summed E-state index contributed by atoms with van der Waals surface area (Å²) >= 11 is 5.05. The van der Waals surface area contributed by atoms with Gasteiger partial charge in [-0.05, 0) is 78.0 Å². The molecule has 1 aromatic heterocycles. The molecule has 4 rings (SSSR count). The Balaban J connectivity index is 1.70. The van der Waals surface area contributed by atoms with E-state index in [0.717, 1.165) is 46.6 Å². The molecule has 0 bridgehead atoms. The molecule has 6 nitrogen and oxygen atoms in total. The fraction of sp³-hybridized carbons (Fsp3) is 0.448. The highest BCUT2D eigenvalue weighted by molar-refractivity contribution is 9.10. The van der Waals surface area contributed by atoms with E-state index in [-0.39, 0.29) is 17.9 Å². The minimum absolute atomic E-state index is 0.00746. The highest BCUT2D eigenvalue weighted by Gasteiger charge is 2.61. The summed E-state index contributed by atoms with van der Waals surface area (Å²) in [5.74, 6) is 0.466. The van der Waals surface area contributed by atoms with E-state index < -0.39 is 11.0 Å². The Bertz CT molecular complexity index is 1180. The lowest BCUT2D eigenvalue weighted by Crippen LogP contribution is -2.68. The molecule has 1 saturated heterocycles. The lowest BCUT2D eigenvalue weighted by Gasteiger charge is -2.60. The summed E-state index contributed by atoms with van der Waals surface area (Å²) in [4.78, 5) is 30.9. The number of methoxy groups -OCH3 is 1. The van der Waals surface area contributed by atoms with Crippen molar-refractivity contribution >= 4 is 45.2 Å². The average molecular weight is 588 g/mol. The van der Waals surface area contributed by atoms with Crippen molar-refractivity contribution in [3.05, 3.63) is 69.4 Å². The molecule has 37 heavy (non-hydrogen) atoms. The van der Waals surface area contributed by atoms with Crippen molar-refractivity contribution < 1.29 is 19.1 Å². The standard InChI is InChI=1S/C29H35BrN2O4S/c1-5-14-32-15-13-28(22-7-6-8-25(16-22)35-4)18-24(11-12-29(28,20-32)36-21(2)33)31(3)27(34)10-9-26-17-23(30)19-37-26/h5-10,16-17,19,24H,1,11-15,18,20H2,2-4H3/b10-9+/t24-,28+,29+/m1/s1. The number of amides is 1. The maximum Gasteiger partial charge on any atom is 0.303 e. The minimum Gasteiger partial charge on any atom is -0.497 e. The Hall–Kier alpha value is -2.42. The third kappa shape index (κ3) is 5.71. The van der Waals surface area contributed by atoms with Crippen LogP contribution in [0.15, 0.2) is 58.9 Å². The second-order valence-electron chi connectivity index (χ2n) is 10.0. The van der Waals surface area contributed by atoms with Crippen molar-refractivity contribution in [2.45, 2.75) is 49.7 Å². The number of carbonyl (C=O) groups excluding carboxylic acids is 2. The average Bonchev–Trinajstić information content (AvgIpc) is 3.31. The van der Waals surface area contributed by atoms with Gasteiger partial charge in [-0.3, -0.25) is 14.5 Å². The van der Waals surface area contributed by atoms with E-state index in [1.807, 2.05) is 47.7 Å². The predicted octanol–water partition coefficient (Wildman–Crippen LogP) is 5.67. The van der Waals surface area contributed by atoms with Crippen molar-refractivity contribution in [2.24, 2.45) is 0 Å². The predicted molar refractivity (Wildman–Crippen MR) is 152 cm³/mol. The van der Waals surface area contributed by atoms with Gasteiger partial charge in [0.1, 0.15) is 11.4 Å². The number of halogens is 1. The first kappa shape index (κ1) is 27.6. The smallest absolute Gasteiger partial charge is 0.303 e. The Morgan fingerprint density at radius 3 is 2.81 bits per heavy atom. The quantitative estimate of drug-likeness (QED) is 0.226. The number of thiophene rings is 1. The molecule has 1 aliphatic carbocycles. The van der Waals surface area contributed by atoms with Crippen LogP contribution in [0.25, 0.3) is 6.08 Å². The van der Waals surface area contributed by atoms with Gasteiger partial charge in [0.05, 0.1) is 7.11 Å². The molecule has 0 N–H and O–H groups in total. The monoisotopic (exact) mass is 586 g/mol. The Morgan fingerprint density at radius 1 is 1.32 bits per heavy atom. The summed E-state index contributed by atoms with van der Waals surface area (Å²) in [5, 5.41) is 2.00. The zero-order chi connectivity index (χ0) is 26.6. The first-order chi connectivity index (χ1) is 17.7. The van der Waals surface area contributed by atoms with Crippen LogP contribution >= 0.6 is 27.3 Å². The Kier molecular flexibility index (Phi) is 8.61. The van der Waals surface area contributed by atoms with E-state index in [9.17, 15) is 9.59 Å². The molecule has 198 valence electrons. The molecule has 3 atom stereocenters. The summed E-state index contributed by atoms with van der Waals surface area (Å²) in [7, 11) is 3.55. The second kappa shape index (κ2) is 11.5. The number of nitrogens with zero attached hydrogens (tertiary/aromatic N) is 2. The molecule has 0 radical (unpaired) electrons. The number of rotatable bonds is 8. The van der Waals surface area contributed by atoms with Gasteiger partial charge in [0.15, 0.2) is 0 Å². The zero-order valence-electron chi connectivity index (χ0n) is 21.7. The van der Waals surface area contributed by atoms with Gasteiger partial charge in [-0.15, -0.1) is 17.9 Å². The molecule has 2 fully saturated rings. The normalized spacial score (nSPS) is 25.9. The molecule has 8 heteroatoms. The Morgan fingerprint density at radius 2 is 2.14 bits per heavy atom. The van der Waals surface area contributed by atoms with Gasteiger partial charge in [0, 0.05) is 59.3 Å². The van der Waals surface area contributed by atoms with E-state index in [1.165, 1.54) is 6.92 Å². The van der Waals surface area contributed by atoms with Gasteiger partial charge in [-0.2, -0.15) is 0 Å². The molecule has 0 spiro atoms. The molecule has 1 aromatic carbocycles. The van der Waals surface area contributed by atoms with E-state index in [1.54, 1.807) is 24.5 Å². The van der Waals surface area contributed by atoms with Crippen molar-refractivity contribution in [1.29, 1.82) is 0 Å². The number of esters is 1. The number of ether oxygens (including phenoxy) is 2. The maximum atomic E-state index is 13.2. The van der Waals surface area contributed by atoms with Crippen LogP contribution in [-0.2, 0) is 19.7 Å². The van der Waals surface area contributed by atoms with Gasteiger partial charge in [0.25, 0.3) is 0 Å². The largest absolute Gasteiger partial charge is 0.497 e. The first-order valence-electron chi connectivity index (χ1n) is 12.6. The van der Waals surface area contributed by atoms with E-state index in [0.29, 0.717) is 19.4 Å². The molecular formula is C29H35BrN2O4S. The molecule has 1 amide bonds. The summed E-state index contributed by atoms with van der Waals surface area (Å²) in [6.45, 7) is 7.63.